The van der Waals surface area contributed by atoms with Crippen LogP contribution in [0.4, 0.5) is 0 Å². The van der Waals surface area contributed by atoms with Gasteiger partial charge in [-0.1, -0.05) is 0 Å². The lowest BCUT2D eigenvalue weighted by Gasteiger charge is -2.16. The van der Waals surface area contributed by atoms with Gasteiger partial charge in [0.15, 0.2) is 0 Å². The number of aliphatic hydroxyl groups is 1. The fourth-order valence-electron chi connectivity index (χ4n) is 0.472. The van der Waals surface area contributed by atoms with Crippen molar-refractivity contribution in [3.8, 4) is 0 Å². The molecule has 0 heterocycles. The average molecular weight is 167 g/mol. The molecule has 0 saturated carbocycles. The highest BCUT2D eigenvalue weighted by molar-refractivity contribution is 6.18. The Balaban J connectivity index is 3.71. The molecule has 0 radical (unpaired) electrons. The fraction of sp³-hybridized carbons (Fsp3) is 0.833. The molecule has 3 nitrogen and oxygen atoms in total. The topological polar surface area (TPSA) is 46.5 Å². The Morgan fingerprint density at radius 1 is 1.80 bits per heavy atom. The number of rotatable bonds is 3. The monoisotopic (exact) mass is 166 g/mol. The van der Waals surface area contributed by atoms with Crippen molar-refractivity contribution in [3.63, 3.8) is 0 Å². The number of hydrogen-bond acceptors (Lipinski definition) is 3. The van der Waals surface area contributed by atoms with Crippen LogP contribution < -0.4 is 0 Å². The van der Waals surface area contributed by atoms with Gasteiger partial charge >= 0.3 is 5.97 Å². The van der Waals surface area contributed by atoms with Gasteiger partial charge in [0.25, 0.3) is 0 Å². The quantitative estimate of drug-likeness (QED) is 0.492. The van der Waals surface area contributed by atoms with E-state index >= 15 is 0 Å². The van der Waals surface area contributed by atoms with Crippen molar-refractivity contribution in [2.75, 3.05) is 5.88 Å². The molecule has 0 bridgehead atoms. The van der Waals surface area contributed by atoms with Crippen molar-refractivity contribution in [1.82, 2.24) is 0 Å². The normalized spacial score (nSPS) is 16.0. The van der Waals surface area contributed by atoms with Gasteiger partial charge in [0, 0.05) is 6.92 Å². The van der Waals surface area contributed by atoms with E-state index in [-0.39, 0.29) is 5.88 Å². The standard InChI is InChI=1S/C6H11ClO3/c1-4(8)6(3-7)10-5(2)9/h4,6,8H,3H2,1-2H3. The number of aliphatic hydroxyl groups excluding tert-OH is 1. The van der Waals surface area contributed by atoms with Gasteiger partial charge in [-0.25, -0.2) is 0 Å². The van der Waals surface area contributed by atoms with Crippen LogP contribution in [0.3, 0.4) is 0 Å². The van der Waals surface area contributed by atoms with E-state index in [4.69, 9.17) is 16.7 Å². The summed E-state index contributed by atoms with van der Waals surface area (Å²) >= 11 is 5.37. The van der Waals surface area contributed by atoms with Gasteiger partial charge in [-0.3, -0.25) is 4.79 Å². The second-order valence-electron chi connectivity index (χ2n) is 2.04. The Hall–Kier alpha value is -0.280. The Morgan fingerprint density at radius 2 is 2.30 bits per heavy atom. The first-order chi connectivity index (χ1) is 4.57. The molecule has 0 rings (SSSR count). The zero-order valence-electron chi connectivity index (χ0n) is 6.00. The molecule has 2 atom stereocenters. The Bertz CT molecular complexity index is 114. The molecule has 0 amide bonds. The molecule has 10 heavy (non-hydrogen) atoms. The predicted octanol–water partition coefficient (Wildman–Crippen LogP) is 0.538. The summed E-state index contributed by atoms with van der Waals surface area (Å²) in [6.45, 7) is 2.80. The first kappa shape index (κ1) is 9.72. The van der Waals surface area contributed by atoms with Gasteiger partial charge in [0.2, 0.25) is 0 Å². The molecule has 0 aliphatic rings. The van der Waals surface area contributed by atoms with E-state index in [1.54, 1.807) is 0 Å². The maximum Gasteiger partial charge on any atom is 0.303 e. The van der Waals surface area contributed by atoms with Gasteiger partial charge in [-0.2, -0.15) is 0 Å². The number of hydrogen-bond donors (Lipinski definition) is 1. The van der Waals surface area contributed by atoms with Crippen molar-refractivity contribution < 1.29 is 14.6 Å². The summed E-state index contributed by atoms with van der Waals surface area (Å²) in [4.78, 5) is 10.3. The second-order valence-corrected chi connectivity index (χ2v) is 2.35. The molecule has 0 aromatic rings. The van der Waals surface area contributed by atoms with Crippen LogP contribution in [0.15, 0.2) is 0 Å². The molecule has 0 aliphatic heterocycles. The number of halogens is 1. The second kappa shape index (κ2) is 4.52. The highest BCUT2D eigenvalue weighted by atomic mass is 35.5. The molecular formula is C6H11ClO3. The summed E-state index contributed by atoms with van der Waals surface area (Å²) in [6, 6.07) is 0. The van der Waals surface area contributed by atoms with Crippen LogP contribution in [-0.2, 0) is 9.53 Å². The van der Waals surface area contributed by atoms with Gasteiger partial charge in [0.1, 0.15) is 6.10 Å². The van der Waals surface area contributed by atoms with E-state index in [9.17, 15) is 4.79 Å². The first-order valence-corrected chi connectivity index (χ1v) is 3.52. The van der Waals surface area contributed by atoms with E-state index in [1.165, 1.54) is 13.8 Å². The van der Waals surface area contributed by atoms with Gasteiger partial charge < -0.3 is 9.84 Å². The van der Waals surface area contributed by atoms with E-state index in [0.717, 1.165) is 0 Å². The highest BCUT2D eigenvalue weighted by Gasteiger charge is 2.15. The van der Waals surface area contributed by atoms with Crippen LogP contribution in [0.25, 0.3) is 0 Å². The smallest absolute Gasteiger partial charge is 0.303 e. The fourth-order valence-corrected chi connectivity index (χ4v) is 0.793. The first-order valence-electron chi connectivity index (χ1n) is 2.99. The van der Waals surface area contributed by atoms with Crippen molar-refractivity contribution >= 4 is 17.6 Å². The summed E-state index contributed by atoms with van der Waals surface area (Å²) < 4.78 is 4.64. The molecule has 0 spiro atoms. The molecule has 0 saturated heterocycles. The number of ether oxygens (including phenoxy) is 1. The lowest BCUT2D eigenvalue weighted by Crippen LogP contribution is -2.29. The van der Waals surface area contributed by atoms with Crippen LogP contribution in [0.1, 0.15) is 13.8 Å². The Kier molecular flexibility index (Phi) is 4.40. The van der Waals surface area contributed by atoms with Crippen molar-refractivity contribution in [2.24, 2.45) is 0 Å². The third-order valence-electron chi connectivity index (χ3n) is 1.01. The van der Waals surface area contributed by atoms with Crippen LogP contribution >= 0.6 is 11.6 Å². The van der Waals surface area contributed by atoms with Gasteiger partial charge in [0.05, 0.1) is 12.0 Å². The average Bonchev–Trinajstić information content (AvgIpc) is 1.81. The molecule has 2 unspecified atom stereocenters. The van der Waals surface area contributed by atoms with Crippen molar-refractivity contribution in [3.05, 3.63) is 0 Å². The molecular weight excluding hydrogens is 156 g/mol. The van der Waals surface area contributed by atoms with Crippen LogP contribution in [0, 0.1) is 0 Å². The number of esters is 1. The maximum atomic E-state index is 10.3. The predicted molar refractivity (Wildman–Crippen MR) is 38.0 cm³/mol. The number of alkyl halides is 1. The summed E-state index contributed by atoms with van der Waals surface area (Å²) in [5.41, 5.74) is 0. The van der Waals surface area contributed by atoms with Gasteiger partial charge in [-0.05, 0) is 6.92 Å². The Morgan fingerprint density at radius 3 is 2.40 bits per heavy atom. The molecule has 60 valence electrons. The minimum atomic E-state index is -0.707. The van der Waals surface area contributed by atoms with E-state index in [1.807, 2.05) is 0 Å². The maximum absolute atomic E-state index is 10.3. The molecule has 0 fully saturated rings. The SMILES string of the molecule is CC(=O)OC(CCl)C(C)O. The zero-order chi connectivity index (χ0) is 8.15. The summed E-state index contributed by atoms with van der Waals surface area (Å²) in [7, 11) is 0. The minimum absolute atomic E-state index is 0.122. The number of carbonyl (C=O) groups excluding carboxylic acids is 1. The van der Waals surface area contributed by atoms with Gasteiger partial charge in [-0.15, -0.1) is 11.6 Å². The van der Waals surface area contributed by atoms with Crippen molar-refractivity contribution in [2.45, 2.75) is 26.1 Å². The van der Waals surface area contributed by atoms with Crippen LogP contribution in [0.5, 0.6) is 0 Å². The lowest BCUT2D eigenvalue weighted by molar-refractivity contribution is -0.150. The van der Waals surface area contributed by atoms with Crippen LogP contribution in [-0.4, -0.2) is 29.2 Å². The van der Waals surface area contributed by atoms with Crippen molar-refractivity contribution in [1.29, 1.82) is 0 Å². The summed E-state index contributed by atoms with van der Waals surface area (Å²) in [6.07, 6.45) is -1.29. The molecule has 4 heteroatoms. The van der Waals surface area contributed by atoms with Crippen LogP contribution in [0.2, 0.25) is 0 Å². The molecule has 1 N–H and O–H groups in total. The lowest BCUT2D eigenvalue weighted by atomic mass is 10.2. The number of carbonyl (C=O) groups is 1. The van der Waals surface area contributed by atoms with E-state index in [0.29, 0.717) is 0 Å². The third kappa shape index (κ3) is 3.69. The largest absolute Gasteiger partial charge is 0.459 e. The zero-order valence-corrected chi connectivity index (χ0v) is 6.76. The Labute approximate surface area is 64.9 Å². The van der Waals surface area contributed by atoms with E-state index in [2.05, 4.69) is 4.74 Å². The molecule has 0 aromatic carbocycles. The van der Waals surface area contributed by atoms with E-state index < -0.39 is 18.2 Å². The summed E-state index contributed by atoms with van der Waals surface area (Å²) in [5.74, 6) is -0.302. The minimum Gasteiger partial charge on any atom is -0.459 e. The highest BCUT2D eigenvalue weighted by Crippen LogP contribution is 2.01. The molecule has 0 aromatic heterocycles. The molecule has 0 aliphatic carbocycles. The third-order valence-corrected chi connectivity index (χ3v) is 1.31. The summed E-state index contributed by atoms with van der Waals surface area (Å²) in [5, 5.41) is 8.90.